The molecule has 1 aromatic heterocycles. The summed E-state index contributed by atoms with van der Waals surface area (Å²) in [4.78, 5) is 16.8. The number of hydrogen-bond acceptors (Lipinski definition) is 6. The Morgan fingerprint density at radius 3 is 2.58 bits per heavy atom. The Morgan fingerprint density at radius 2 is 1.87 bits per heavy atom. The van der Waals surface area contributed by atoms with Crippen LogP contribution in [0.15, 0.2) is 53.1 Å². The number of ether oxygens (including phenoxy) is 3. The molecule has 0 bridgehead atoms. The second kappa shape index (κ2) is 9.55. The molecule has 0 fully saturated rings. The Hall–Kier alpha value is -3.49. The van der Waals surface area contributed by atoms with Crippen molar-refractivity contribution in [2.75, 3.05) is 13.7 Å². The van der Waals surface area contributed by atoms with Gasteiger partial charge in [0.2, 0.25) is 5.89 Å². The molecule has 0 aliphatic heterocycles. The van der Waals surface area contributed by atoms with Crippen molar-refractivity contribution in [1.29, 1.82) is 0 Å². The molecule has 9 heteroatoms. The number of aryl methyl sites for hydroxylation is 1. The molecule has 0 saturated heterocycles. The fraction of sp³-hybridized carbons (Fsp3) is 0.273. The predicted molar refractivity (Wildman–Crippen MR) is 105 cm³/mol. The van der Waals surface area contributed by atoms with Gasteiger partial charge >= 0.3 is 6.36 Å². The molecule has 0 aliphatic rings. The number of oxazole rings is 1. The molecule has 1 heterocycles. The van der Waals surface area contributed by atoms with Crippen LogP contribution in [0.25, 0.3) is 11.5 Å². The van der Waals surface area contributed by atoms with Gasteiger partial charge in [-0.1, -0.05) is 12.1 Å². The second-order valence-corrected chi connectivity index (χ2v) is 6.41. The fourth-order valence-electron chi connectivity index (χ4n) is 2.92. The van der Waals surface area contributed by atoms with Crippen molar-refractivity contribution in [3.63, 3.8) is 0 Å². The van der Waals surface area contributed by atoms with E-state index < -0.39 is 17.9 Å². The van der Waals surface area contributed by atoms with Gasteiger partial charge in [0, 0.05) is 18.4 Å². The van der Waals surface area contributed by atoms with Gasteiger partial charge in [-0.25, -0.2) is 4.98 Å². The molecule has 0 aliphatic carbocycles. The van der Waals surface area contributed by atoms with Gasteiger partial charge in [0.05, 0.1) is 25.0 Å². The molecular formula is C22H20F3NO5. The van der Waals surface area contributed by atoms with Crippen LogP contribution >= 0.6 is 0 Å². The third-order valence-electron chi connectivity index (χ3n) is 4.28. The third kappa shape index (κ3) is 5.78. The number of hydrogen-bond donors (Lipinski definition) is 0. The van der Waals surface area contributed by atoms with E-state index in [9.17, 15) is 18.0 Å². The van der Waals surface area contributed by atoms with E-state index in [1.165, 1.54) is 31.6 Å². The number of carbonyl (C=O) groups is 1. The number of Topliss-reactive ketones (excluding diaryl/α,β-unsaturated/α-hetero) is 1. The lowest BCUT2D eigenvalue weighted by Gasteiger charge is -2.12. The number of nitrogens with zero attached hydrogens (tertiary/aromatic N) is 1. The quantitative estimate of drug-likeness (QED) is 0.416. The highest BCUT2D eigenvalue weighted by molar-refractivity contribution is 5.98. The van der Waals surface area contributed by atoms with Gasteiger partial charge in [0.15, 0.2) is 17.3 Å². The molecule has 6 nitrogen and oxygen atoms in total. The number of methoxy groups -OCH3 is 1. The summed E-state index contributed by atoms with van der Waals surface area (Å²) in [7, 11) is 1.54. The summed E-state index contributed by atoms with van der Waals surface area (Å²) in [5.41, 5.74) is 1.01. The number of benzene rings is 2. The number of rotatable bonds is 9. The zero-order valence-electron chi connectivity index (χ0n) is 16.9. The molecule has 3 rings (SSSR count). The minimum atomic E-state index is -4.88. The van der Waals surface area contributed by atoms with Gasteiger partial charge in [-0.15, -0.1) is 13.2 Å². The SMILES string of the molecule is CCOc1cc(-c2nc(CCC(=O)c3ccccc3OC(F)(F)F)co2)ccc1OC. The smallest absolute Gasteiger partial charge is 0.493 e. The van der Waals surface area contributed by atoms with Crippen molar-refractivity contribution in [3.05, 3.63) is 60.0 Å². The molecule has 0 N–H and O–H groups in total. The summed E-state index contributed by atoms with van der Waals surface area (Å²) in [5, 5.41) is 0. The first kappa shape index (κ1) is 22.2. The number of aromatic nitrogens is 1. The van der Waals surface area contributed by atoms with Crippen molar-refractivity contribution < 1.29 is 36.6 Å². The van der Waals surface area contributed by atoms with E-state index in [-0.39, 0.29) is 18.4 Å². The Morgan fingerprint density at radius 1 is 1.10 bits per heavy atom. The molecule has 3 aromatic rings. The highest BCUT2D eigenvalue weighted by atomic mass is 19.4. The summed E-state index contributed by atoms with van der Waals surface area (Å²) >= 11 is 0. The van der Waals surface area contributed by atoms with Crippen LogP contribution < -0.4 is 14.2 Å². The van der Waals surface area contributed by atoms with Gasteiger partial charge in [-0.2, -0.15) is 0 Å². The van der Waals surface area contributed by atoms with Crippen LogP contribution in [0.2, 0.25) is 0 Å². The maximum Gasteiger partial charge on any atom is 0.573 e. The Labute approximate surface area is 176 Å². The first-order valence-corrected chi connectivity index (χ1v) is 9.44. The largest absolute Gasteiger partial charge is 0.573 e. The second-order valence-electron chi connectivity index (χ2n) is 6.41. The molecular weight excluding hydrogens is 415 g/mol. The first-order valence-electron chi connectivity index (χ1n) is 9.44. The van der Waals surface area contributed by atoms with E-state index in [0.29, 0.717) is 35.3 Å². The molecule has 2 aromatic carbocycles. The maximum absolute atomic E-state index is 12.6. The standard InChI is InChI=1S/C22H20F3NO5/c1-3-29-20-12-14(8-11-19(20)28-2)21-26-15(13-30-21)9-10-17(27)16-6-4-5-7-18(16)31-22(23,24)25/h4-8,11-13H,3,9-10H2,1-2H3. The summed E-state index contributed by atoms with van der Waals surface area (Å²) in [5.74, 6) is 0.420. The topological polar surface area (TPSA) is 70.8 Å². The zero-order valence-corrected chi connectivity index (χ0v) is 16.9. The van der Waals surface area contributed by atoms with Crippen molar-refractivity contribution in [2.45, 2.75) is 26.1 Å². The molecule has 0 saturated carbocycles. The van der Waals surface area contributed by atoms with E-state index in [4.69, 9.17) is 13.9 Å². The molecule has 0 amide bonds. The highest BCUT2D eigenvalue weighted by Gasteiger charge is 2.32. The Kier molecular flexibility index (Phi) is 6.84. The van der Waals surface area contributed by atoms with E-state index in [1.54, 1.807) is 18.2 Å². The van der Waals surface area contributed by atoms with Crippen LogP contribution in [-0.4, -0.2) is 30.8 Å². The number of ketones is 1. The maximum atomic E-state index is 12.6. The lowest BCUT2D eigenvalue weighted by molar-refractivity contribution is -0.274. The number of para-hydroxylation sites is 1. The fourth-order valence-corrected chi connectivity index (χ4v) is 2.92. The number of halogens is 3. The minimum absolute atomic E-state index is 0.0585. The van der Waals surface area contributed by atoms with Crippen LogP contribution in [0.3, 0.4) is 0 Å². The van der Waals surface area contributed by atoms with Crippen molar-refractivity contribution in [2.24, 2.45) is 0 Å². The lowest BCUT2D eigenvalue weighted by Crippen LogP contribution is -2.19. The Bertz CT molecular complexity index is 1050. The van der Waals surface area contributed by atoms with Gasteiger partial charge in [-0.3, -0.25) is 4.79 Å². The highest BCUT2D eigenvalue weighted by Crippen LogP contribution is 2.32. The van der Waals surface area contributed by atoms with Crippen molar-refractivity contribution in [1.82, 2.24) is 4.98 Å². The zero-order chi connectivity index (χ0) is 22.4. The summed E-state index contributed by atoms with van der Waals surface area (Å²) in [6, 6.07) is 10.5. The van der Waals surface area contributed by atoms with Crippen LogP contribution in [0, 0.1) is 0 Å². The van der Waals surface area contributed by atoms with Gasteiger partial charge in [0.25, 0.3) is 0 Å². The molecule has 0 unspecified atom stereocenters. The van der Waals surface area contributed by atoms with E-state index in [0.717, 1.165) is 6.07 Å². The lowest BCUT2D eigenvalue weighted by atomic mass is 10.0. The van der Waals surface area contributed by atoms with Crippen LogP contribution in [0.5, 0.6) is 17.2 Å². The van der Waals surface area contributed by atoms with E-state index in [1.807, 2.05) is 6.92 Å². The minimum Gasteiger partial charge on any atom is -0.493 e. The van der Waals surface area contributed by atoms with Crippen LogP contribution in [0.4, 0.5) is 13.2 Å². The molecule has 0 spiro atoms. The van der Waals surface area contributed by atoms with Crippen LogP contribution in [0.1, 0.15) is 29.4 Å². The normalized spacial score (nSPS) is 11.3. The van der Waals surface area contributed by atoms with E-state index >= 15 is 0 Å². The van der Waals surface area contributed by atoms with Crippen molar-refractivity contribution in [3.8, 4) is 28.7 Å². The number of alkyl halides is 3. The molecule has 0 atom stereocenters. The van der Waals surface area contributed by atoms with E-state index in [2.05, 4.69) is 9.72 Å². The van der Waals surface area contributed by atoms with Gasteiger partial charge in [0.1, 0.15) is 12.0 Å². The summed E-state index contributed by atoms with van der Waals surface area (Å²) in [6.07, 6.45) is -3.34. The number of carbonyl (C=O) groups excluding carboxylic acids is 1. The van der Waals surface area contributed by atoms with Crippen molar-refractivity contribution >= 4 is 5.78 Å². The monoisotopic (exact) mass is 435 g/mol. The first-order chi connectivity index (χ1) is 14.8. The average Bonchev–Trinajstić information content (AvgIpc) is 3.20. The van der Waals surface area contributed by atoms with Gasteiger partial charge in [-0.05, 0) is 37.3 Å². The Balaban J connectivity index is 1.70. The summed E-state index contributed by atoms with van der Waals surface area (Å²) in [6.45, 7) is 2.31. The van der Waals surface area contributed by atoms with Gasteiger partial charge < -0.3 is 18.6 Å². The third-order valence-corrected chi connectivity index (χ3v) is 4.28. The summed E-state index contributed by atoms with van der Waals surface area (Å²) < 4.78 is 57.9. The average molecular weight is 435 g/mol. The molecule has 164 valence electrons. The van der Waals surface area contributed by atoms with Crippen LogP contribution in [-0.2, 0) is 6.42 Å². The molecule has 31 heavy (non-hydrogen) atoms. The molecule has 0 radical (unpaired) electrons. The predicted octanol–water partition coefficient (Wildman–Crippen LogP) is 5.46.